The summed E-state index contributed by atoms with van der Waals surface area (Å²) in [5.41, 5.74) is -9.77. The number of nitrogens with one attached hydrogen (secondary N) is 1. The van der Waals surface area contributed by atoms with Crippen molar-refractivity contribution in [1.29, 1.82) is 0 Å². The molecule has 2 bridgehead atoms. The van der Waals surface area contributed by atoms with Gasteiger partial charge in [-0.15, -0.1) is 0 Å². The number of ketones is 2. The number of rotatable bonds is 13. The highest BCUT2D eigenvalue weighted by atomic mass is 16.6. The van der Waals surface area contributed by atoms with E-state index >= 15 is 9.59 Å². The summed E-state index contributed by atoms with van der Waals surface area (Å²) < 4.78 is 36.2. The molecule has 1 amide bonds. The Morgan fingerprint density at radius 3 is 2.03 bits per heavy atom. The molecule has 20 nitrogen and oxygen atoms in total. The number of carbonyl (C=O) groups is 8. The normalized spacial score (nSPS) is 29.4. The first-order valence-electron chi connectivity index (χ1n) is 22.3. The summed E-state index contributed by atoms with van der Waals surface area (Å²) in [6.07, 6.45) is -11.7. The number of ether oxygens (including phenoxy) is 6. The zero-order chi connectivity index (χ0) is 51.2. The van der Waals surface area contributed by atoms with Crippen LogP contribution in [-0.4, -0.2) is 117 Å². The van der Waals surface area contributed by atoms with Gasteiger partial charge in [0.25, 0.3) is 11.6 Å². The van der Waals surface area contributed by atoms with Crippen LogP contribution in [0.15, 0.2) is 96.1 Å². The highest BCUT2D eigenvalue weighted by Gasteiger charge is 2.78. The number of hydrogen-bond donors (Lipinski definition) is 3. The molecule has 1 aliphatic heterocycles. The second-order valence-corrected chi connectivity index (χ2v) is 18.7. The van der Waals surface area contributed by atoms with E-state index in [1.165, 1.54) is 76.2 Å². The van der Waals surface area contributed by atoms with Gasteiger partial charge in [-0.25, -0.2) is 14.4 Å². The van der Waals surface area contributed by atoms with Crippen molar-refractivity contribution < 1.29 is 81.9 Å². The van der Waals surface area contributed by atoms with Crippen molar-refractivity contribution in [1.82, 2.24) is 5.32 Å². The Morgan fingerprint density at radius 2 is 1.46 bits per heavy atom. The number of aliphatic hydroxyl groups is 2. The van der Waals surface area contributed by atoms with Crippen molar-refractivity contribution in [2.24, 2.45) is 16.7 Å². The van der Waals surface area contributed by atoms with E-state index in [0.29, 0.717) is 0 Å². The van der Waals surface area contributed by atoms with E-state index in [1.54, 1.807) is 24.3 Å². The maximum atomic E-state index is 15.7. The molecule has 3 aromatic rings. The Hall–Kier alpha value is -7.16. The molecule has 3 aromatic carbocycles. The first-order chi connectivity index (χ1) is 32.9. The van der Waals surface area contributed by atoms with E-state index in [1.807, 2.05) is 0 Å². The van der Waals surface area contributed by atoms with E-state index in [2.05, 4.69) is 5.32 Å². The Labute approximate surface area is 400 Å². The Balaban J connectivity index is 1.45. The van der Waals surface area contributed by atoms with Gasteiger partial charge in [-0.2, -0.15) is 0 Å². The minimum Gasteiger partial charge on any atom is -0.455 e. The predicted molar refractivity (Wildman–Crippen MR) is 239 cm³/mol. The summed E-state index contributed by atoms with van der Waals surface area (Å²) in [4.78, 5) is 122. The topological polar surface area (TPSA) is 288 Å². The third-order valence-corrected chi connectivity index (χ3v) is 14.3. The SMILES string of the molecule is CC(=O)O[C@H]1C(=O)[C@@]2(C)[C@H]([C@H](OC(=O)c3ccccc3)[C@]3(O)C[C@H](OC(=O)[C@H](OC(=O)c4ccccc4[N+](=O)[O-])[C@@H](NC(=O)C(C)=O)c4ccccc4)C(C)=C1C3(C)C)[C@]1(OC(C)=O)CO[C@@H]1C[C@@H]2O. The van der Waals surface area contributed by atoms with Crippen molar-refractivity contribution >= 4 is 53.0 Å². The summed E-state index contributed by atoms with van der Waals surface area (Å²) in [6.45, 7) is 8.38. The number of Topliss-reactive ketones (excluding diaryl/α,β-unsaturated/α-hetero) is 2. The van der Waals surface area contributed by atoms with Gasteiger partial charge in [0.05, 0.1) is 34.5 Å². The van der Waals surface area contributed by atoms with E-state index in [9.17, 15) is 49.1 Å². The molecule has 11 atom stereocenters. The van der Waals surface area contributed by atoms with Gasteiger partial charge in [0.2, 0.25) is 11.9 Å². The van der Waals surface area contributed by atoms with Gasteiger partial charge in [-0.1, -0.05) is 74.5 Å². The zero-order valence-electron chi connectivity index (χ0n) is 39.2. The minimum absolute atomic E-state index is 0.00954. The third-order valence-electron chi connectivity index (χ3n) is 14.3. The maximum absolute atomic E-state index is 15.7. The summed E-state index contributed by atoms with van der Waals surface area (Å²) in [7, 11) is 0. The van der Waals surface area contributed by atoms with Gasteiger partial charge in [-0.3, -0.25) is 34.1 Å². The number of nitro groups is 1. The largest absolute Gasteiger partial charge is 0.455 e. The number of hydrogen-bond acceptors (Lipinski definition) is 18. The first kappa shape index (κ1) is 50.7. The number of nitro benzene ring substituents is 1. The predicted octanol–water partition coefficient (Wildman–Crippen LogP) is 3.78. The summed E-state index contributed by atoms with van der Waals surface area (Å²) in [6, 6.07) is 18.0. The molecule has 7 rings (SSSR count). The van der Waals surface area contributed by atoms with Gasteiger partial charge in [0.1, 0.15) is 35.5 Å². The fourth-order valence-corrected chi connectivity index (χ4v) is 10.7. The smallest absolute Gasteiger partial charge is 0.350 e. The summed E-state index contributed by atoms with van der Waals surface area (Å²) in [5, 5.41) is 40.4. The number of carbonyl (C=O) groups excluding carboxylic acids is 8. The average Bonchev–Trinajstić information content (AvgIpc) is 3.31. The van der Waals surface area contributed by atoms with Gasteiger partial charge >= 0.3 is 29.8 Å². The molecule has 0 radical (unpaired) electrons. The molecule has 20 heteroatoms. The standard InChI is InChI=1S/C50H52N2O18/c1-25-33(67-46(61)39(68-45(60)31-20-14-15-21-32(31)52(63)64)37(51-43(58)26(2)53)29-16-10-8-11-17-29)23-50(62)42(69-44(59)30-18-12-9-13-19-30)40-48(7,34(56)22-35-49(40,24-65-35)70-28(4)55)41(57)38(66-27(3)54)36(25)47(50,5)6/h8-21,33-35,37-40,42,56,62H,22-24H2,1-7H3,(H,51,58)/t33-,34-,35+,37-,38+,39+,40-,42-,48+,49-,50+/m0/s1. The number of esters is 5. The zero-order valence-corrected chi connectivity index (χ0v) is 39.2. The van der Waals surface area contributed by atoms with Crippen molar-refractivity contribution in [3.63, 3.8) is 0 Å². The van der Waals surface area contributed by atoms with E-state index in [0.717, 1.165) is 32.9 Å². The van der Waals surface area contributed by atoms with Gasteiger partial charge in [0.15, 0.2) is 17.5 Å². The number of benzene rings is 3. The molecule has 0 aromatic heterocycles. The molecule has 70 heavy (non-hydrogen) atoms. The third kappa shape index (κ3) is 8.63. The number of amides is 1. The van der Waals surface area contributed by atoms with Crippen molar-refractivity contribution in [3.05, 3.63) is 123 Å². The number of para-hydroxylation sites is 1. The number of nitrogens with zero attached hydrogens (tertiary/aromatic N) is 1. The van der Waals surface area contributed by atoms with E-state index in [4.69, 9.17) is 28.4 Å². The van der Waals surface area contributed by atoms with Crippen LogP contribution in [0.2, 0.25) is 0 Å². The van der Waals surface area contributed by atoms with Crippen molar-refractivity contribution in [2.45, 2.75) is 115 Å². The fraction of sp³-hybridized carbons (Fsp3) is 0.440. The summed E-state index contributed by atoms with van der Waals surface area (Å²) >= 11 is 0. The number of aliphatic hydroxyl groups excluding tert-OH is 1. The lowest BCUT2D eigenvalue weighted by atomic mass is 9.44. The monoisotopic (exact) mass is 968 g/mol. The molecule has 4 aliphatic rings. The molecule has 3 aliphatic carbocycles. The molecule has 3 fully saturated rings. The second-order valence-electron chi connectivity index (χ2n) is 18.7. The molecule has 1 saturated heterocycles. The Morgan fingerprint density at radius 1 is 0.843 bits per heavy atom. The second kappa shape index (κ2) is 19.0. The van der Waals surface area contributed by atoms with Crippen LogP contribution >= 0.6 is 0 Å². The van der Waals surface area contributed by atoms with Gasteiger partial charge in [-0.05, 0) is 48.8 Å². The highest BCUT2D eigenvalue weighted by Crippen LogP contribution is 2.64. The lowest BCUT2D eigenvalue weighted by Crippen LogP contribution is -2.82. The van der Waals surface area contributed by atoms with E-state index < -0.39 is 147 Å². The van der Waals surface area contributed by atoms with Crippen LogP contribution in [0.5, 0.6) is 0 Å². The van der Waals surface area contributed by atoms with Crippen LogP contribution in [0.4, 0.5) is 5.69 Å². The van der Waals surface area contributed by atoms with Crippen LogP contribution in [0, 0.1) is 26.9 Å². The molecule has 2 saturated carbocycles. The molecular weight excluding hydrogens is 917 g/mol. The van der Waals surface area contributed by atoms with Crippen LogP contribution in [0.25, 0.3) is 0 Å². The lowest BCUT2D eigenvalue weighted by molar-refractivity contribution is -0.385. The average molecular weight is 969 g/mol. The fourth-order valence-electron chi connectivity index (χ4n) is 10.7. The molecule has 1 heterocycles. The van der Waals surface area contributed by atoms with E-state index in [-0.39, 0.29) is 28.7 Å². The van der Waals surface area contributed by atoms with Crippen molar-refractivity contribution in [2.75, 3.05) is 6.61 Å². The van der Waals surface area contributed by atoms with Gasteiger partial charge in [0, 0.05) is 45.1 Å². The van der Waals surface area contributed by atoms with Gasteiger partial charge < -0.3 is 44.0 Å². The maximum Gasteiger partial charge on any atom is 0.350 e. The highest BCUT2D eigenvalue weighted by molar-refractivity contribution is 6.35. The molecular formula is C50H52N2O18. The molecule has 3 N–H and O–H groups in total. The van der Waals surface area contributed by atoms with Crippen LogP contribution in [-0.2, 0) is 57.2 Å². The lowest BCUT2D eigenvalue weighted by Gasteiger charge is -2.67. The molecule has 370 valence electrons. The Kier molecular flexibility index (Phi) is 13.7. The number of fused-ring (bicyclic) bond motifs is 5. The first-order valence-corrected chi connectivity index (χ1v) is 22.3. The van der Waals surface area contributed by atoms with Crippen molar-refractivity contribution in [3.8, 4) is 0 Å². The molecule has 0 unspecified atom stereocenters. The van der Waals surface area contributed by atoms with Crippen LogP contribution < -0.4 is 5.32 Å². The van der Waals surface area contributed by atoms with Crippen LogP contribution in [0.1, 0.15) is 93.6 Å². The quantitative estimate of drug-likeness (QED) is 0.0548. The van der Waals surface area contributed by atoms with Crippen LogP contribution in [0.3, 0.4) is 0 Å². The summed E-state index contributed by atoms with van der Waals surface area (Å²) in [5.74, 6) is -10.6. The molecule has 0 spiro atoms. The Bertz CT molecular complexity index is 2690. The minimum atomic E-state index is -2.56.